The molecule has 1 amide bonds. The maximum Gasteiger partial charge on any atom is 0.328 e. The minimum Gasteiger partial charge on any atom is -0.469 e. The standard InChI is InChI=1S/C16H16N2O5/c1-22-14(19)9-13(16(21)23-2)18-15(20)12-8-7-10-5-3-4-6-11(10)17-12/h3-8,13H,9H2,1-2H3,(H,18,20)/t13-/m0/s1. The number of carbonyl (C=O) groups excluding carboxylic acids is 3. The number of fused-ring (bicyclic) bond motifs is 1. The molecule has 0 fully saturated rings. The van der Waals surface area contributed by atoms with Gasteiger partial charge in [0.1, 0.15) is 11.7 Å². The zero-order chi connectivity index (χ0) is 16.8. The second-order valence-electron chi connectivity index (χ2n) is 4.72. The summed E-state index contributed by atoms with van der Waals surface area (Å²) in [5, 5.41) is 3.33. The molecule has 0 aliphatic carbocycles. The highest BCUT2D eigenvalue weighted by molar-refractivity contribution is 5.97. The van der Waals surface area contributed by atoms with Crippen molar-refractivity contribution < 1.29 is 23.9 Å². The van der Waals surface area contributed by atoms with Crippen molar-refractivity contribution in [2.75, 3.05) is 14.2 Å². The van der Waals surface area contributed by atoms with Crippen molar-refractivity contribution in [2.24, 2.45) is 0 Å². The van der Waals surface area contributed by atoms with Crippen LogP contribution in [0.1, 0.15) is 16.9 Å². The van der Waals surface area contributed by atoms with E-state index in [1.54, 1.807) is 18.2 Å². The van der Waals surface area contributed by atoms with Crippen molar-refractivity contribution in [3.8, 4) is 0 Å². The molecule has 23 heavy (non-hydrogen) atoms. The molecule has 0 spiro atoms. The summed E-state index contributed by atoms with van der Waals surface area (Å²) < 4.78 is 9.09. The molecule has 0 aliphatic heterocycles. The monoisotopic (exact) mass is 316 g/mol. The zero-order valence-electron chi connectivity index (χ0n) is 12.7. The summed E-state index contributed by atoms with van der Waals surface area (Å²) in [6, 6.07) is 9.50. The van der Waals surface area contributed by atoms with Crippen molar-refractivity contribution in [3.63, 3.8) is 0 Å². The van der Waals surface area contributed by atoms with Crippen LogP contribution in [0.5, 0.6) is 0 Å². The lowest BCUT2D eigenvalue weighted by Crippen LogP contribution is -2.43. The number of esters is 2. The van der Waals surface area contributed by atoms with Crippen molar-refractivity contribution in [1.29, 1.82) is 0 Å². The molecule has 1 heterocycles. The Morgan fingerprint density at radius 3 is 2.52 bits per heavy atom. The molecule has 2 rings (SSSR count). The molecular formula is C16H16N2O5. The van der Waals surface area contributed by atoms with Crippen LogP contribution in [0.2, 0.25) is 0 Å². The minimum atomic E-state index is -1.13. The lowest BCUT2D eigenvalue weighted by Gasteiger charge is -2.15. The molecule has 0 bridgehead atoms. The minimum absolute atomic E-state index is 0.141. The third-order valence-electron chi connectivity index (χ3n) is 3.22. The van der Waals surface area contributed by atoms with E-state index in [1.165, 1.54) is 14.2 Å². The molecule has 1 N–H and O–H groups in total. The number of hydrogen-bond acceptors (Lipinski definition) is 6. The van der Waals surface area contributed by atoms with E-state index in [2.05, 4.69) is 19.8 Å². The van der Waals surface area contributed by atoms with Crippen LogP contribution in [-0.2, 0) is 19.1 Å². The predicted molar refractivity (Wildman–Crippen MR) is 81.6 cm³/mol. The molecule has 0 aliphatic rings. The lowest BCUT2D eigenvalue weighted by atomic mass is 10.1. The number of rotatable bonds is 5. The lowest BCUT2D eigenvalue weighted by molar-refractivity contribution is -0.149. The first-order valence-corrected chi connectivity index (χ1v) is 6.86. The van der Waals surface area contributed by atoms with Crippen molar-refractivity contribution in [1.82, 2.24) is 10.3 Å². The van der Waals surface area contributed by atoms with Gasteiger partial charge >= 0.3 is 11.9 Å². The van der Waals surface area contributed by atoms with Gasteiger partial charge in [-0.1, -0.05) is 24.3 Å². The van der Waals surface area contributed by atoms with Gasteiger partial charge in [-0.15, -0.1) is 0 Å². The van der Waals surface area contributed by atoms with Crippen LogP contribution in [0.25, 0.3) is 10.9 Å². The van der Waals surface area contributed by atoms with Crippen molar-refractivity contribution in [2.45, 2.75) is 12.5 Å². The number of carbonyl (C=O) groups is 3. The number of methoxy groups -OCH3 is 2. The molecule has 1 aromatic carbocycles. The molecule has 0 saturated heterocycles. The molecule has 2 aromatic rings. The summed E-state index contributed by atoms with van der Waals surface area (Å²) in [6.45, 7) is 0. The fourth-order valence-electron chi connectivity index (χ4n) is 2.01. The maximum absolute atomic E-state index is 12.3. The highest BCUT2D eigenvalue weighted by atomic mass is 16.5. The molecule has 7 heteroatoms. The molecule has 0 saturated carbocycles. The molecular weight excluding hydrogens is 300 g/mol. The molecule has 0 unspecified atom stereocenters. The molecule has 1 atom stereocenters. The van der Waals surface area contributed by atoms with E-state index < -0.39 is 23.9 Å². The Labute approximate surface area is 132 Å². The largest absolute Gasteiger partial charge is 0.469 e. The predicted octanol–water partition coefficient (Wildman–Crippen LogP) is 1.07. The summed E-state index contributed by atoms with van der Waals surface area (Å²) in [6.07, 6.45) is -0.317. The average Bonchev–Trinajstić information content (AvgIpc) is 2.59. The zero-order valence-corrected chi connectivity index (χ0v) is 12.7. The van der Waals surface area contributed by atoms with Crippen LogP contribution in [0.4, 0.5) is 0 Å². The van der Waals surface area contributed by atoms with Gasteiger partial charge in [0, 0.05) is 5.39 Å². The number of aromatic nitrogens is 1. The Kier molecular flexibility index (Phi) is 5.24. The fourth-order valence-corrected chi connectivity index (χ4v) is 2.01. The van der Waals surface area contributed by atoms with Gasteiger partial charge in [0.05, 0.1) is 26.2 Å². The summed E-state index contributed by atoms with van der Waals surface area (Å²) in [7, 11) is 2.37. The van der Waals surface area contributed by atoms with E-state index in [0.29, 0.717) is 5.52 Å². The van der Waals surface area contributed by atoms with E-state index in [0.717, 1.165) is 5.39 Å². The molecule has 1 aromatic heterocycles. The van der Waals surface area contributed by atoms with Gasteiger partial charge in [-0.25, -0.2) is 9.78 Å². The number of pyridine rings is 1. The van der Waals surface area contributed by atoms with E-state index >= 15 is 0 Å². The van der Waals surface area contributed by atoms with Crippen LogP contribution in [0.3, 0.4) is 0 Å². The number of hydrogen-bond donors (Lipinski definition) is 1. The summed E-state index contributed by atoms with van der Waals surface area (Å²) in [4.78, 5) is 39.5. The van der Waals surface area contributed by atoms with Crippen LogP contribution in [0.15, 0.2) is 36.4 Å². The van der Waals surface area contributed by atoms with Crippen LogP contribution < -0.4 is 5.32 Å². The first kappa shape index (κ1) is 16.4. The van der Waals surface area contributed by atoms with E-state index in [9.17, 15) is 14.4 Å². The highest BCUT2D eigenvalue weighted by Gasteiger charge is 2.26. The Bertz CT molecular complexity index is 744. The summed E-state index contributed by atoms with van der Waals surface area (Å²) in [5.41, 5.74) is 0.796. The van der Waals surface area contributed by atoms with Crippen LogP contribution in [-0.4, -0.2) is 43.1 Å². The Balaban J connectivity index is 2.18. The summed E-state index contributed by atoms with van der Waals surface area (Å²) >= 11 is 0. The molecule has 0 radical (unpaired) electrons. The first-order chi connectivity index (χ1) is 11.0. The Hall–Kier alpha value is -2.96. The highest BCUT2D eigenvalue weighted by Crippen LogP contribution is 2.12. The first-order valence-electron chi connectivity index (χ1n) is 6.86. The van der Waals surface area contributed by atoms with Gasteiger partial charge in [0.15, 0.2) is 0 Å². The second-order valence-corrected chi connectivity index (χ2v) is 4.72. The topological polar surface area (TPSA) is 94.6 Å². The van der Waals surface area contributed by atoms with Crippen LogP contribution in [0, 0.1) is 0 Å². The van der Waals surface area contributed by atoms with E-state index in [1.807, 2.05) is 18.2 Å². The van der Waals surface area contributed by atoms with Gasteiger partial charge in [-0.3, -0.25) is 9.59 Å². The quantitative estimate of drug-likeness (QED) is 0.829. The third-order valence-corrected chi connectivity index (χ3v) is 3.22. The van der Waals surface area contributed by atoms with Gasteiger partial charge < -0.3 is 14.8 Å². The number of para-hydroxylation sites is 1. The number of benzene rings is 1. The number of amides is 1. The number of nitrogens with zero attached hydrogens (tertiary/aromatic N) is 1. The maximum atomic E-state index is 12.3. The second kappa shape index (κ2) is 7.35. The molecule has 7 nitrogen and oxygen atoms in total. The van der Waals surface area contributed by atoms with Gasteiger partial charge in [0.25, 0.3) is 5.91 Å². The smallest absolute Gasteiger partial charge is 0.328 e. The normalized spacial score (nSPS) is 11.6. The Morgan fingerprint density at radius 2 is 1.83 bits per heavy atom. The average molecular weight is 316 g/mol. The van der Waals surface area contributed by atoms with Crippen molar-refractivity contribution in [3.05, 3.63) is 42.1 Å². The Morgan fingerprint density at radius 1 is 1.09 bits per heavy atom. The fraction of sp³-hybridized carbons (Fsp3) is 0.250. The summed E-state index contributed by atoms with van der Waals surface area (Å²) in [5.74, 6) is -1.94. The van der Waals surface area contributed by atoms with Gasteiger partial charge in [-0.2, -0.15) is 0 Å². The molecule has 120 valence electrons. The SMILES string of the molecule is COC(=O)C[C@H](NC(=O)c1ccc2ccccc2n1)C(=O)OC. The van der Waals surface area contributed by atoms with Gasteiger partial charge in [-0.05, 0) is 12.1 Å². The van der Waals surface area contributed by atoms with Crippen LogP contribution >= 0.6 is 0 Å². The number of nitrogens with one attached hydrogen (secondary N) is 1. The third kappa shape index (κ3) is 4.03. The van der Waals surface area contributed by atoms with Crippen molar-refractivity contribution >= 4 is 28.7 Å². The van der Waals surface area contributed by atoms with E-state index in [4.69, 9.17) is 0 Å². The number of ether oxygens (including phenoxy) is 2. The van der Waals surface area contributed by atoms with Gasteiger partial charge in [0.2, 0.25) is 0 Å². The van der Waals surface area contributed by atoms with E-state index in [-0.39, 0.29) is 12.1 Å².